The first-order chi connectivity index (χ1) is 4.72. The monoisotopic (exact) mass is 142 g/mol. The number of nitrogens with zero attached hydrogens (tertiary/aromatic N) is 2. The molecule has 0 spiro atoms. The van der Waals surface area contributed by atoms with E-state index in [0.29, 0.717) is 0 Å². The second kappa shape index (κ2) is 4.32. The standard InChI is InChI=1S/C5H6N2O3/c6-3-1-2-4(7-10)5(8)9/h10H,1-2H2,(H,8,9). The van der Waals surface area contributed by atoms with E-state index in [2.05, 4.69) is 5.16 Å². The Morgan fingerprint density at radius 3 is 2.60 bits per heavy atom. The number of oxime groups is 1. The summed E-state index contributed by atoms with van der Waals surface area (Å²) in [6, 6.07) is 1.73. The smallest absolute Gasteiger partial charge is 0.353 e. The fourth-order valence-electron chi connectivity index (χ4n) is 0.374. The summed E-state index contributed by atoms with van der Waals surface area (Å²) in [6.07, 6.45) is 0.0219. The molecule has 0 aliphatic heterocycles. The van der Waals surface area contributed by atoms with Crippen LogP contribution in [0.4, 0.5) is 0 Å². The molecule has 5 heteroatoms. The van der Waals surface area contributed by atoms with Crippen molar-refractivity contribution in [3.8, 4) is 6.07 Å². The predicted octanol–water partition coefficient (Wildman–Crippen LogP) is 0.205. The maximum Gasteiger partial charge on any atom is 0.353 e. The van der Waals surface area contributed by atoms with Gasteiger partial charge in [0.2, 0.25) is 0 Å². The molecule has 0 aromatic carbocycles. The third-order valence-corrected chi connectivity index (χ3v) is 0.841. The van der Waals surface area contributed by atoms with Gasteiger partial charge < -0.3 is 10.3 Å². The van der Waals surface area contributed by atoms with E-state index in [0.717, 1.165) is 0 Å². The van der Waals surface area contributed by atoms with Crippen LogP contribution in [0.15, 0.2) is 5.16 Å². The lowest BCUT2D eigenvalue weighted by atomic mass is 10.2. The number of aliphatic carboxylic acids is 1. The molecule has 0 amide bonds. The Labute approximate surface area is 57.2 Å². The first-order valence-electron chi connectivity index (χ1n) is 2.53. The summed E-state index contributed by atoms with van der Waals surface area (Å²) in [5.41, 5.74) is -0.387. The molecule has 2 N–H and O–H groups in total. The molecule has 0 heterocycles. The lowest BCUT2D eigenvalue weighted by molar-refractivity contribution is -0.129. The highest BCUT2D eigenvalue weighted by molar-refractivity contribution is 6.35. The molecule has 0 saturated heterocycles. The SMILES string of the molecule is N#CCCC(=NO)C(=O)O. The van der Waals surface area contributed by atoms with Crippen LogP contribution in [0.3, 0.4) is 0 Å². The van der Waals surface area contributed by atoms with E-state index in [-0.39, 0.29) is 18.6 Å². The van der Waals surface area contributed by atoms with Gasteiger partial charge in [0.25, 0.3) is 0 Å². The lowest BCUT2D eigenvalue weighted by Gasteiger charge is -1.90. The average Bonchev–Trinajstić information content (AvgIpc) is 1.89. The second-order valence-corrected chi connectivity index (χ2v) is 1.51. The number of hydrogen-bond acceptors (Lipinski definition) is 4. The van der Waals surface area contributed by atoms with Crippen molar-refractivity contribution in [2.75, 3.05) is 0 Å². The van der Waals surface area contributed by atoms with Crippen LogP contribution in [0, 0.1) is 11.3 Å². The molecule has 0 rings (SSSR count). The van der Waals surface area contributed by atoms with Crippen LogP contribution in [0.1, 0.15) is 12.8 Å². The number of nitriles is 1. The maximum absolute atomic E-state index is 10.0. The minimum Gasteiger partial charge on any atom is -0.477 e. The second-order valence-electron chi connectivity index (χ2n) is 1.51. The van der Waals surface area contributed by atoms with E-state index < -0.39 is 5.97 Å². The molecule has 0 aliphatic rings. The number of carboxylic acid groups (broad SMARTS) is 1. The van der Waals surface area contributed by atoms with Crippen LogP contribution in [0.2, 0.25) is 0 Å². The summed E-state index contributed by atoms with van der Waals surface area (Å²) in [5, 5.41) is 26.7. The van der Waals surface area contributed by atoms with E-state index in [4.69, 9.17) is 15.6 Å². The summed E-state index contributed by atoms with van der Waals surface area (Å²) in [6.45, 7) is 0. The van der Waals surface area contributed by atoms with Crippen molar-refractivity contribution < 1.29 is 15.1 Å². The van der Waals surface area contributed by atoms with Crippen molar-refractivity contribution in [3.05, 3.63) is 0 Å². The number of rotatable bonds is 3. The topological polar surface area (TPSA) is 93.7 Å². The molecule has 0 bridgehead atoms. The molecular formula is C5H6N2O3. The summed E-state index contributed by atoms with van der Waals surface area (Å²) in [5.74, 6) is -1.29. The number of carboxylic acids is 1. The van der Waals surface area contributed by atoms with Gasteiger partial charge >= 0.3 is 5.97 Å². The Balaban J connectivity index is 3.89. The highest BCUT2D eigenvalue weighted by atomic mass is 16.4. The molecule has 0 aromatic heterocycles. The van der Waals surface area contributed by atoms with Gasteiger partial charge in [-0.1, -0.05) is 5.16 Å². The largest absolute Gasteiger partial charge is 0.477 e. The third kappa shape index (κ3) is 2.67. The molecule has 0 atom stereocenters. The Morgan fingerprint density at radius 1 is 1.70 bits per heavy atom. The van der Waals surface area contributed by atoms with Crippen molar-refractivity contribution in [1.82, 2.24) is 0 Å². The van der Waals surface area contributed by atoms with Gasteiger partial charge in [-0.15, -0.1) is 0 Å². The Morgan fingerprint density at radius 2 is 2.30 bits per heavy atom. The van der Waals surface area contributed by atoms with Crippen LogP contribution < -0.4 is 0 Å². The summed E-state index contributed by atoms with van der Waals surface area (Å²) in [4.78, 5) is 10.0. The van der Waals surface area contributed by atoms with Crippen molar-refractivity contribution in [1.29, 1.82) is 5.26 Å². The van der Waals surface area contributed by atoms with Crippen LogP contribution in [-0.4, -0.2) is 22.0 Å². The van der Waals surface area contributed by atoms with Crippen LogP contribution in [0.5, 0.6) is 0 Å². The molecular weight excluding hydrogens is 136 g/mol. The van der Waals surface area contributed by atoms with E-state index in [1.165, 1.54) is 0 Å². The Bertz CT molecular complexity index is 192. The highest BCUT2D eigenvalue weighted by Crippen LogP contribution is 1.90. The molecule has 10 heavy (non-hydrogen) atoms. The average molecular weight is 142 g/mol. The van der Waals surface area contributed by atoms with Crippen molar-refractivity contribution in [2.24, 2.45) is 5.16 Å². The molecule has 0 saturated carbocycles. The first kappa shape index (κ1) is 8.43. The summed E-state index contributed by atoms with van der Waals surface area (Å²) in [7, 11) is 0. The van der Waals surface area contributed by atoms with Crippen molar-refractivity contribution >= 4 is 11.7 Å². The van der Waals surface area contributed by atoms with E-state index in [1.807, 2.05) is 0 Å². The molecule has 0 fully saturated rings. The van der Waals surface area contributed by atoms with Crippen LogP contribution in [0.25, 0.3) is 0 Å². The van der Waals surface area contributed by atoms with E-state index in [1.54, 1.807) is 6.07 Å². The van der Waals surface area contributed by atoms with E-state index >= 15 is 0 Å². The van der Waals surface area contributed by atoms with Gasteiger partial charge in [-0.05, 0) is 0 Å². The van der Waals surface area contributed by atoms with Gasteiger partial charge in [0.05, 0.1) is 6.07 Å². The van der Waals surface area contributed by atoms with Gasteiger partial charge in [-0.3, -0.25) is 0 Å². The maximum atomic E-state index is 10.0. The molecule has 0 radical (unpaired) electrons. The zero-order valence-electron chi connectivity index (χ0n) is 5.11. The quantitative estimate of drug-likeness (QED) is 0.334. The predicted molar refractivity (Wildman–Crippen MR) is 31.7 cm³/mol. The summed E-state index contributed by atoms with van der Waals surface area (Å²) >= 11 is 0. The van der Waals surface area contributed by atoms with E-state index in [9.17, 15) is 4.79 Å². The van der Waals surface area contributed by atoms with Crippen molar-refractivity contribution in [2.45, 2.75) is 12.8 Å². The number of hydrogen-bond donors (Lipinski definition) is 2. The fourth-order valence-corrected chi connectivity index (χ4v) is 0.374. The van der Waals surface area contributed by atoms with Crippen LogP contribution >= 0.6 is 0 Å². The molecule has 5 nitrogen and oxygen atoms in total. The fraction of sp³-hybridized carbons (Fsp3) is 0.400. The van der Waals surface area contributed by atoms with Gasteiger partial charge in [0.15, 0.2) is 5.71 Å². The first-order valence-corrected chi connectivity index (χ1v) is 2.53. The lowest BCUT2D eigenvalue weighted by Crippen LogP contribution is -2.12. The zero-order chi connectivity index (χ0) is 7.98. The molecule has 0 unspecified atom stereocenters. The normalized spacial score (nSPS) is 10.5. The summed E-state index contributed by atoms with van der Waals surface area (Å²) < 4.78 is 0. The van der Waals surface area contributed by atoms with Gasteiger partial charge in [-0.25, -0.2) is 4.79 Å². The highest BCUT2D eigenvalue weighted by Gasteiger charge is 2.08. The third-order valence-electron chi connectivity index (χ3n) is 0.841. The molecule has 0 aliphatic carbocycles. The van der Waals surface area contributed by atoms with Crippen LogP contribution in [-0.2, 0) is 4.79 Å². The Kier molecular flexibility index (Phi) is 3.64. The molecule has 54 valence electrons. The Hall–Kier alpha value is -1.57. The van der Waals surface area contributed by atoms with Gasteiger partial charge in [0.1, 0.15) is 0 Å². The van der Waals surface area contributed by atoms with Crippen molar-refractivity contribution in [3.63, 3.8) is 0 Å². The number of carbonyl (C=O) groups is 1. The molecule has 0 aromatic rings. The van der Waals surface area contributed by atoms with Gasteiger partial charge in [0, 0.05) is 12.8 Å². The zero-order valence-corrected chi connectivity index (χ0v) is 5.11. The minimum atomic E-state index is -1.29. The minimum absolute atomic E-state index is 0.0255. The van der Waals surface area contributed by atoms with Gasteiger partial charge in [-0.2, -0.15) is 5.26 Å².